The van der Waals surface area contributed by atoms with E-state index < -0.39 is 28.1 Å². The second kappa shape index (κ2) is 6.66. The summed E-state index contributed by atoms with van der Waals surface area (Å²) in [5.74, 6) is -1.87. The van der Waals surface area contributed by atoms with Crippen LogP contribution in [0.3, 0.4) is 0 Å². The van der Waals surface area contributed by atoms with E-state index in [4.69, 9.17) is 5.11 Å². The first-order valence-corrected chi connectivity index (χ1v) is 7.42. The van der Waals surface area contributed by atoms with Crippen LogP contribution in [-0.2, 0) is 14.8 Å². The van der Waals surface area contributed by atoms with Gasteiger partial charge in [0.2, 0.25) is 10.0 Å². The van der Waals surface area contributed by atoms with Crippen molar-refractivity contribution in [3.8, 4) is 0 Å². The molecule has 0 saturated heterocycles. The quantitative estimate of drug-likeness (QED) is 0.541. The molecule has 0 fully saturated rings. The third-order valence-electron chi connectivity index (χ3n) is 2.68. The standard InChI is InChI=1S/C12H16N2O6S/c1-7(15)10(12(17)18)14-21(19,20)9-5-3-8(4-6-9)11(16)13-2/h3-7,10,14-15H,1-2H3,(H,13,16)(H,17,18). The van der Waals surface area contributed by atoms with Gasteiger partial charge in [-0.05, 0) is 31.2 Å². The summed E-state index contributed by atoms with van der Waals surface area (Å²) < 4.78 is 25.9. The maximum Gasteiger partial charge on any atom is 0.324 e. The number of carbonyl (C=O) groups is 2. The maximum absolute atomic E-state index is 12.0. The van der Waals surface area contributed by atoms with Crippen molar-refractivity contribution < 1.29 is 28.2 Å². The highest BCUT2D eigenvalue weighted by molar-refractivity contribution is 7.89. The molecule has 0 aliphatic heterocycles. The summed E-state index contributed by atoms with van der Waals surface area (Å²) in [6.45, 7) is 1.16. The third-order valence-corrected chi connectivity index (χ3v) is 4.14. The zero-order chi connectivity index (χ0) is 16.2. The van der Waals surface area contributed by atoms with Crippen molar-refractivity contribution in [1.29, 1.82) is 0 Å². The monoisotopic (exact) mass is 316 g/mol. The van der Waals surface area contributed by atoms with E-state index in [9.17, 15) is 23.1 Å². The van der Waals surface area contributed by atoms with Gasteiger partial charge >= 0.3 is 5.97 Å². The SMILES string of the molecule is CNC(=O)c1ccc(S(=O)(=O)NC(C(=O)O)C(C)O)cc1. The Kier molecular flexibility index (Phi) is 5.41. The number of rotatable bonds is 6. The molecular weight excluding hydrogens is 300 g/mol. The number of sulfonamides is 1. The minimum atomic E-state index is -4.12. The lowest BCUT2D eigenvalue weighted by atomic mass is 10.2. The van der Waals surface area contributed by atoms with Crippen molar-refractivity contribution in [2.24, 2.45) is 0 Å². The molecule has 1 amide bonds. The van der Waals surface area contributed by atoms with Crippen LogP contribution in [0.5, 0.6) is 0 Å². The average molecular weight is 316 g/mol. The van der Waals surface area contributed by atoms with Crippen LogP contribution in [0.15, 0.2) is 29.2 Å². The highest BCUT2D eigenvalue weighted by atomic mass is 32.2. The summed E-state index contributed by atoms with van der Waals surface area (Å²) in [6, 6.07) is 3.28. The van der Waals surface area contributed by atoms with E-state index in [1.807, 2.05) is 4.72 Å². The molecule has 0 heterocycles. The van der Waals surface area contributed by atoms with Gasteiger partial charge in [0.15, 0.2) is 0 Å². The molecular formula is C12H16N2O6S. The maximum atomic E-state index is 12.0. The lowest BCUT2D eigenvalue weighted by Crippen LogP contribution is -2.47. The van der Waals surface area contributed by atoms with Gasteiger partial charge in [0, 0.05) is 12.6 Å². The topological polar surface area (TPSA) is 133 Å². The summed E-state index contributed by atoms with van der Waals surface area (Å²) >= 11 is 0. The minimum absolute atomic E-state index is 0.206. The number of carboxylic acid groups (broad SMARTS) is 1. The average Bonchev–Trinajstić information content (AvgIpc) is 2.43. The Morgan fingerprint density at radius 3 is 2.10 bits per heavy atom. The summed E-state index contributed by atoms with van der Waals surface area (Å²) in [5.41, 5.74) is 0.266. The first kappa shape index (κ1) is 17.1. The fourth-order valence-corrected chi connectivity index (χ4v) is 2.78. The van der Waals surface area contributed by atoms with E-state index in [0.717, 1.165) is 6.92 Å². The number of aliphatic hydroxyl groups excluding tert-OH is 1. The fourth-order valence-electron chi connectivity index (χ4n) is 1.52. The molecule has 9 heteroatoms. The Bertz CT molecular complexity index is 624. The van der Waals surface area contributed by atoms with E-state index in [-0.39, 0.29) is 16.4 Å². The Morgan fingerprint density at radius 2 is 1.71 bits per heavy atom. The summed E-state index contributed by atoms with van der Waals surface area (Å²) in [6.07, 6.45) is -1.40. The predicted molar refractivity (Wildman–Crippen MR) is 73.3 cm³/mol. The van der Waals surface area contributed by atoms with Crippen LogP contribution in [-0.4, -0.2) is 49.7 Å². The van der Waals surface area contributed by atoms with Crippen molar-refractivity contribution in [3.05, 3.63) is 29.8 Å². The Morgan fingerprint density at radius 1 is 1.19 bits per heavy atom. The van der Waals surface area contributed by atoms with Crippen molar-refractivity contribution in [2.75, 3.05) is 7.05 Å². The minimum Gasteiger partial charge on any atom is -0.480 e. The first-order valence-electron chi connectivity index (χ1n) is 5.94. The number of hydrogen-bond donors (Lipinski definition) is 4. The van der Waals surface area contributed by atoms with Gasteiger partial charge in [-0.3, -0.25) is 9.59 Å². The fraction of sp³-hybridized carbons (Fsp3) is 0.333. The molecule has 1 aromatic rings. The van der Waals surface area contributed by atoms with E-state index in [1.165, 1.54) is 31.3 Å². The van der Waals surface area contributed by atoms with Gasteiger partial charge in [0.25, 0.3) is 5.91 Å². The van der Waals surface area contributed by atoms with Gasteiger partial charge in [0.1, 0.15) is 6.04 Å². The van der Waals surface area contributed by atoms with Crippen molar-refractivity contribution >= 4 is 21.9 Å². The molecule has 0 spiro atoms. The number of amides is 1. The second-order valence-corrected chi connectivity index (χ2v) is 6.00. The normalized spacial score (nSPS) is 14.2. The first-order chi connectivity index (χ1) is 9.69. The van der Waals surface area contributed by atoms with Crippen LogP contribution in [0, 0.1) is 0 Å². The smallest absolute Gasteiger partial charge is 0.324 e. The van der Waals surface area contributed by atoms with E-state index in [2.05, 4.69) is 5.32 Å². The second-order valence-electron chi connectivity index (χ2n) is 4.28. The van der Waals surface area contributed by atoms with Crippen molar-refractivity contribution in [2.45, 2.75) is 24.0 Å². The molecule has 0 aliphatic carbocycles. The van der Waals surface area contributed by atoms with E-state index in [0.29, 0.717) is 0 Å². The highest BCUT2D eigenvalue weighted by Gasteiger charge is 2.29. The number of hydrogen-bond acceptors (Lipinski definition) is 5. The summed E-state index contributed by atoms with van der Waals surface area (Å²) in [4.78, 5) is 22.0. The molecule has 0 aromatic heterocycles. The van der Waals surface area contributed by atoms with Crippen molar-refractivity contribution in [3.63, 3.8) is 0 Å². The van der Waals surface area contributed by atoms with Gasteiger partial charge < -0.3 is 15.5 Å². The van der Waals surface area contributed by atoms with Crippen LogP contribution in [0.4, 0.5) is 0 Å². The molecule has 0 radical (unpaired) electrons. The molecule has 0 aliphatic rings. The van der Waals surface area contributed by atoms with E-state index in [1.54, 1.807) is 0 Å². The number of carboxylic acids is 1. The van der Waals surface area contributed by atoms with Crippen LogP contribution in [0.1, 0.15) is 17.3 Å². The molecule has 21 heavy (non-hydrogen) atoms. The molecule has 2 unspecified atom stereocenters. The van der Waals surface area contributed by atoms with Gasteiger partial charge in [0.05, 0.1) is 11.0 Å². The molecule has 8 nitrogen and oxygen atoms in total. The molecule has 0 bridgehead atoms. The Balaban J connectivity index is 3.03. The number of carbonyl (C=O) groups excluding carboxylic acids is 1. The molecule has 116 valence electrons. The van der Waals surface area contributed by atoms with Crippen LogP contribution >= 0.6 is 0 Å². The van der Waals surface area contributed by atoms with Gasteiger partial charge in [-0.1, -0.05) is 0 Å². The Labute approximate surface area is 121 Å². The predicted octanol–water partition coefficient (Wildman–Crippen LogP) is -0.841. The molecule has 0 saturated carbocycles. The zero-order valence-electron chi connectivity index (χ0n) is 11.4. The zero-order valence-corrected chi connectivity index (χ0v) is 12.2. The number of benzene rings is 1. The largest absolute Gasteiger partial charge is 0.480 e. The lowest BCUT2D eigenvalue weighted by molar-refractivity contribution is -0.141. The molecule has 1 rings (SSSR count). The number of aliphatic hydroxyl groups is 1. The highest BCUT2D eigenvalue weighted by Crippen LogP contribution is 2.12. The summed E-state index contributed by atoms with van der Waals surface area (Å²) in [7, 11) is -2.68. The van der Waals surface area contributed by atoms with E-state index >= 15 is 0 Å². The molecule has 2 atom stereocenters. The number of aliphatic carboxylic acids is 1. The lowest BCUT2D eigenvalue weighted by Gasteiger charge is -2.17. The Hall–Kier alpha value is -1.97. The van der Waals surface area contributed by atoms with Gasteiger partial charge in [-0.2, -0.15) is 4.72 Å². The third kappa shape index (κ3) is 4.25. The molecule has 4 N–H and O–H groups in total. The van der Waals surface area contributed by atoms with Crippen LogP contribution in [0.2, 0.25) is 0 Å². The van der Waals surface area contributed by atoms with Crippen LogP contribution < -0.4 is 10.0 Å². The summed E-state index contributed by atoms with van der Waals surface area (Å²) in [5, 5.41) is 20.5. The molecule has 1 aromatic carbocycles. The van der Waals surface area contributed by atoms with Gasteiger partial charge in [-0.15, -0.1) is 0 Å². The van der Waals surface area contributed by atoms with Crippen molar-refractivity contribution in [1.82, 2.24) is 10.0 Å². The number of nitrogens with one attached hydrogen (secondary N) is 2. The van der Waals surface area contributed by atoms with Crippen LogP contribution in [0.25, 0.3) is 0 Å². The van der Waals surface area contributed by atoms with Gasteiger partial charge in [-0.25, -0.2) is 8.42 Å².